The molecule has 1 heterocycles. The number of hydrogen-bond donors (Lipinski definition) is 2. The molecule has 0 radical (unpaired) electrons. The molecular formula is C15H22N4O. The molecule has 1 aromatic carbocycles. The van der Waals surface area contributed by atoms with E-state index in [-0.39, 0.29) is 0 Å². The SMILES string of the molecule is CC(C)c1ccc(C(O)CNCCn2ccnn2)cc1. The summed E-state index contributed by atoms with van der Waals surface area (Å²) in [6.45, 7) is 6.37. The number of nitrogens with zero attached hydrogens (tertiary/aromatic N) is 3. The summed E-state index contributed by atoms with van der Waals surface area (Å²) < 4.78 is 1.76. The van der Waals surface area contributed by atoms with E-state index < -0.39 is 6.10 Å². The summed E-state index contributed by atoms with van der Waals surface area (Å²) in [5.41, 5.74) is 2.24. The Balaban J connectivity index is 1.75. The van der Waals surface area contributed by atoms with E-state index in [1.165, 1.54) is 5.56 Å². The van der Waals surface area contributed by atoms with E-state index in [2.05, 4.69) is 41.6 Å². The van der Waals surface area contributed by atoms with Gasteiger partial charge in [0, 0.05) is 19.3 Å². The average Bonchev–Trinajstić information content (AvgIpc) is 2.96. The number of aromatic nitrogens is 3. The lowest BCUT2D eigenvalue weighted by molar-refractivity contribution is 0.174. The molecule has 0 aliphatic carbocycles. The molecule has 0 fully saturated rings. The van der Waals surface area contributed by atoms with E-state index in [9.17, 15) is 5.11 Å². The molecule has 1 aromatic heterocycles. The third kappa shape index (κ3) is 4.15. The largest absolute Gasteiger partial charge is 0.387 e. The van der Waals surface area contributed by atoms with Crippen LogP contribution in [0.15, 0.2) is 36.7 Å². The summed E-state index contributed by atoms with van der Waals surface area (Å²) in [5, 5.41) is 21.0. The molecule has 5 nitrogen and oxygen atoms in total. The Bertz CT molecular complexity index is 493. The lowest BCUT2D eigenvalue weighted by Crippen LogP contribution is -2.25. The fraction of sp³-hybridized carbons (Fsp3) is 0.467. The molecule has 2 N–H and O–H groups in total. The van der Waals surface area contributed by atoms with Crippen LogP contribution in [0.3, 0.4) is 0 Å². The van der Waals surface area contributed by atoms with Crippen LogP contribution in [0.4, 0.5) is 0 Å². The van der Waals surface area contributed by atoms with Crippen molar-refractivity contribution in [3.63, 3.8) is 0 Å². The van der Waals surface area contributed by atoms with Crippen LogP contribution in [0.5, 0.6) is 0 Å². The third-order valence-corrected chi connectivity index (χ3v) is 3.32. The van der Waals surface area contributed by atoms with Gasteiger partial charge in [0.25, 0.3) is 0 Å². The van der Waals surface area contributed by atoms with E-state index in [1.807, 2.05) is 18.3 Å². The van der Waals surface area contributed by atoms with Crippen molar-refractivity contribution in [3.05, 3.63) is 47.8 Å². The monoisotopic (exact) mass is 274 g/mol. The predicted molar refractivity (Wildman–Crippen MR) is 78.4 cm³/mol. The zero-order valence-corrected chi connectivity index (χ0v) is 12.0. The molecule has 5 heteroatoms. The Morgan fingerprint density at radius 2 is 1.90 bits per heavy atom. The second kappa shape index (κ2) is 7.17. The Kier molecular flexibility index (Phi) is 5.26. The van der Waals surface area contributed by atoms with Crippen LogP contribution < -0.4 is 5.32 Å². The van der Waals surface area contributed by atoms with Gasteiger partial charge in [-0.15, -0.1) is 5.10 Å². The van der Waals surface area contributed by atoms with Gasteiger partial charge in [-0.2, -0.15) is 0 Å². The first-order chi connectivity index (χ1) is 9.66. The molecular weight excluding hydrogens is 252 g/mol. The molecule has 0 bridgehead atoms. The van der Waals surface area contributed by atoms with Gasteiger partial charge in [0.2, 0.25) is 0 Å². The maximum Gasteiger partial charge on any atom is 0.0914 e. The number of nitrogens with one attached hydrogen (secondary N) is 1. The molecule has 2 rings (SSSR count). The zero-order valence-electron chi connectivity index (χ0n) is 12.0. The van der Waals surface area contributed by atoms with E-state index in [1.54, 1.807) is 10.9 Å². The number of aliphatic hydroxyl groups excluding tert-OH is 1. The molecule has 1 unspecified atom stereocenters. The van der Waals surface area contributed by atoms with E-state index in [4.69, 9.17) is 0 Å². The molecule has 0 aliphatic rings. The van der Waals surface area contributed by atoms with Gasteiger partial charge in [-0.05, 0) is 17.0 Å². The molecule has 1 atom stereocenters. The molecule has 0 saturated heterocycles. The van der Waals surface area contributed by atoms with Gasteiger partial charge in [0.15, 0.2) is 0 Å². The first kappa shape index (κ1) is 14.7. The van der Waals surface area contributed by atoms with Crippen molar-refractivity contribution in [3.8, 4) is 0 Å². The number of aliphatic hydroxyl groups is 1. The topological polar surface area (TPSA) is 63.0 Å². The number of rotatable bonds is 7. The van der Waals surface area contributed by atoms with Crippen LogP contribution in [-0.4, -0.2) is 33.2 Å². The summed E-state index contributed by atoms with van der Waals surface area (Å²) in [6.07, 6.45) is 3.00. The van der Waals surface area contributed by atoms with Crippen molar-refractivity contribution in [2.75, 3.05) is 13.1 Å². The summed E-state index contributed by atoms with van der Waals surface area (Å²) in [5.74, 6) is 0.516. The lowest BCUT2D eigenvalue weighted by Gasteiger charge is -2.13. The van der Waals surface area contributed by atoms with Crippen LogP contribution >= 0.6 is 0 Å². The Morgan fingerprint density at radius 3 is 2.50 bits per heavy atom. The van der Waals surface area contributed by atoms with Crippen LogP contribution in [0.1, 0.15) is 37.0 Å². The van der Waals surface area contributed by atoms with Gasteiger partial charge in [-0.1, -0.05) is 43.3 Å². The highest BCUT2D eigenvalue weighted by Crippen LogP contribution is 2.18. The van der Waals surface area contributed by atoms with Gasteiger partial charge >= 0.3 is 0 Å². The highest BCUT2D eigenvalue weighted by molar-refractivity contribution is 5.26. The lowest BCUT2D eigenvalue weighted by atomic mass is 10.00. The first-order valence-corrected chi connectivity index (χ1v) is 6.99. The molecule has 0 spiro atoms. The van der Waals surface area contributed by atoms with E-state index >= 15 is 0 Å². The second-order valence-electron chi connectivity index (χ2n) is 5.21. The Morgan fingerprint density at radius 1 is 1.20 bits per heavy atom. The molecule has 2 aromatic rings. The Labute approximate surface area is 119 Å². The van der Waals surface area contributed by atoms with Crippen molar-refractivity contribution in [1.82, 2.24) is 20.3 Å². The van der Waals surface area contributed by atoms with E-state index in [0.717, 1.165) is 18.7 Å². The van der Waals surface area contributed by atoms with Crippen LogP contribution in [0, 0.1) is 0 Å². The predicted octanol–water partition coefficient (Wildman–Crippen LogP) is 1.72. The molecule has 108 valence electrons. The molecule has 0 amide bonds. The first-order valence-electron chi connectivity index (χ1n) is 6.99. The quantitative estimate of drug-likeness (QED) is 0.755. The average molecular weight is 274 g/mol. The van der Waals surface area contributed by atoms with Crippen molar-refractivity contribution in [2.24, 2.45) is 0 Å². The highest BCUT2D eigenvalue weighted by atomic mass is 16.3. The van der Waals surface area contributed by atoms with Crippen molar-refractivity contribution in [2.45, 2.75) is 32.4 Å². The van der Waals surface area contributed by atoms with Crippen LogP contribution in [-0.2, 0) is 6.54 Å². The number of benzene rings is 1. The minimum absolute atomic E-state index is 0.480. The molecule has 20 heavy (non-hydrogen) atoms. The summed E-state index contributed by atoms with van der Waals surface area (Å²) in [6, 6.07) is 8.16. The molecule has 0 saturated carbocycles. The summed E-state index contributed by atoms with van der Waals surface area (Å²) in [7, 11) is 0. The van der Waals surface area contributed by atoms with Crippen LogP contribution in [0.25, 0.3) is 0 Å². The second-order valence-corrected chi connectivity index (χ2v) is 5.21. The van der Waals surface area contributed by atoms with Gasteiger partial charge in [0.05, 0.1) is 18.8 Å². The smallest absolute Gasteiger partial charge is 0.0914 e. The maximum absolute atomic E-state index is 10.1. The maximum atomic E-state index is 10.1. The highest BCUT2D eigenvalue weighted by Gasteiger charge is 2.07. The zero-order chi connectivity index (χ0) is 14.4. The van der Waals surface area contributed by atoms with Crippen LogP contribution in [0.2, 0.25) is 0 Å². The summed E-state index contributed by atoms with van der Waals surface area (Å²) in [4.78, 5) is 0. The number of hydrogen-bond acceptors (Lipinski definition) is 4. The standard InChI is InChI=1S/C15H22N4O/c1-12(2)13-3-5-14(6-4-13)15(20)11-16-7-9-19-10-8-17-18-19/h3-6,8,10,12,15-16,20H,7,9,11H2,1-2H3. The minimum atomic E-state index is -0.480. The van der Waals surface area contributed by atoms with E-state index in [0.29, 0.717) is 12.5 Å². The fourth-order valence-electron chi connectivity index (χ4n) is 2.01. The van der Waals surface area contributed by atoms with Crippen molar-refractivity contribution >= 4 is 0 Å². The summed E-state index contributed by atoms with van der Waals surface area (Å²) >= 11 is 0. The van der Waals surface area contributed by atoms with Gasteiger partial charge in [0.1, 0.15) is 0 Å². The molecule has 0 aliphatic heterocycles. The van der Waals surface area contributed by atoms with Gasteiger partial charge in [-0.25, -0.2) is 0 Å². The van der Waals surface area contributed by atoms with Gasteiger partial charge < -0.3 is 10.4 Å². The van der Waals surface area contributed by atoms with Crippen molar-refractivity contribution < 1.29 is 5.11 Å². The van der Waals surface area contributed by atoms with Crippen molar-refractivity contribution in [1.29, 1.82) is 0 Å². The van der Waals surface area contributed by atoms with Gasteiger partial charge in [-0.3, -0.25) is 4.68 Å². The Hall–Kier alpha value is -1.72. The third-order valence-electron chi connectivity index (χ3n) is 3.32. The minimum Gasteiger partial charge on any atom is -0.387 e. The fourth-order valence-corrected chi connectivity index (χ4v) is 2.01. The normalized spacial score (nSPS) is 12.8.